The summed E-state index contributed by atoms with van der Waals surface area (Å²) in [7, 11) is -0.605. The molecular weight excluding hydrogens is 423 g/mol. The Hall–Kier alpha value is -1.63. The molecular formula is C24H45BN2O6. The van der Waals surface area contributed by atoms with Crippen LogP contribution < -0.4 is 0 Å². The molecule has 5 unspecified atom stereocenters. The Labute approximate surface area is 201 Å². The first-order valence-corrected chi connectivity index (χ1v) is 12.1. The molecule has 0 aliphatic heterocycles. The second-order valence-electron chi connectivity index (χ2n) is 9.41. The van der Waals surface area contributed by atoms with Crippen LogP contribution >= 0.6 is 0 Å². The number of nitrogens with zero attached hydrogens (tertiary/aromatic N) is 2. The van der Waals surface area contributed by atoms with Crippen molar-refractivity contribution in [3.05, 3.63) is 0 Å². The molecule has 0 saturated heterocycles. The molecule has 0 amide bonds. The monoisotopic (exact) mass is 468 g/mol. The Balaban J connectivity index is 5.59. The average molecular weight is 468 g/mol. The van der Waals surface area contributed by atoms with E-state index in [0.29, 0.717) is 6.42 Å². The van der Waals surface area contributed by atoms with Crippen LogP contribution in [0.3, 0.4) is 0 Å². The highest BCUT2D eigenvalue weighted by Gasteiger charge is 2.38. The van der Waals surface area contributed by atoms with Crippen molar-refractivity contribution in [2.24, 2.45) is 11.8 Å². The smallest absolute Gasteiger partial charge is 0.458 e. The molecule has 0 N–H and O–H groups in total. The van der Waals surface area contributed by atoms with E-state index in [1.807, 2.05) is 27.7 Å². The van der Waals surface area contributed by atoms with E-state index >= 15 is 0 Å². The second kappa shape index (κ2) is 16.1. The topological polar surface area (TPSA) is 98.1 Å². The van der Waals surface area contributed by atoms with Crippen LogP contribution in [0.15, 0.2) is 0 Å². The van der Waals surface area contributed by atoms with Gasteiger partial charge in [0.15, 0.2) is 0 Å². The van der Waals surface area contributed by atoms with Gasteiger partial charge in [-0.25, -0.2) is 0 Å². The van der Waals surface area contributed by atoms with Crippen LogP contribution in [-0.4, -0.2) is 61.0 Å². The number of rotatable bonds is 16. The molecule has 0 saturated carbocycles. The molecule has 0 bridgehead atoms. The third-order valence-corrected chi connectivity index (χ3v) is 5.66. The van der Waals surface area contributed by atoms with Crippen LogP contribution in [-0.2, 0) is 28.4 Å². The minimum Gasteiger partial charge on any atom is -0.458 e. The maximum absolute atomic E-state index is 11.9. The SMILES string of the molecule is CCC(C)C(OC(C)=O)C(OC(C)=O)C(C)CC(C)OB(OCCC#N)N(C(C)C)C(C)C. The van der Waals surface area contributed by atoms with E-state index in [-0.39, 0.29) is 43.1 Å². The van der Waals surface area contributed by atoms with E-state index in [0.717, 1.165) is 6.42 Å². The molecule has 5 atom stereocenters. The quantitative estimate of drug-likeness (QED) is 0.187. The molecule has 190 valence electrons. The van der Waals surface area contributed by atoms with Gasteiger partial charge >= 0.3 is 19.2 Å². The maximum atomic E-state index is 11.9. The summed E-state index contributed by atoms with van der Waals surface area (Å²) in [6.45, 7) is 19.2. The lowest BCUT2D eigenvalue weighted by Gasteiger charge is -2.37. The van der Waals surface area contributed by atoms with Crippen LogP contribution in [0.4, 0.5) is 0 Å². The number of hydrogen-bond acceptors (Lipinski definition) is 8. The number of carbonyl (C=O) groups excluding carboxylic acids is 2. The van der Waals surface area contributed by atoms with E-state index in [1.54, 1.807) is 0 Å². The highest BCUT2D eigenvalue weighted by Crippen LogP contribution is 2.27. The van der Waals surface area contributed by atoms with Gasteiger partial charge < -0.3 is 18.8 Å². The van der Waals surface area contributed by atoms with Gasteiger partial charge in [0.2, 0.25) is 0 Å². The summed E-state index contributed by atoms with van der Waals surface area (Å²) in [5.41, 5.74) is 0. The van der Waals surface area contributed by atoms with E-state index in [1.165, 1.54) is 13.8 Å². The fourth-order valence-corrected chi connectivity index (χ4v) is 4.03. The third-order valence-electron chi connectivity index (χ3n) is 5.66. The van der Waals surface area contributed by atoms with Crippen molar-refractivity contribution < 1.29 is 28.4 Å². The van der Waals surface area contributed by atoms with Gasteiger partial charge in [-0.2, -0.15) is 5.26 Å². The number of hydrogen-bond donors (Lipinski definition) is 0. The zero-order valence-corrected chi connectivity index (χ0v) is 22.3. The van der Waals surface area contributed by atoms with Crippen molar-refractivity contribution in [3.8, 4) is 6.07 Å². The first kappa shape index (κ1) is 31.4. The molecule has 0 aliphatic carbocycles. The van der Waals surface area contributed by atoms with Gasteiger partial charge in [-0.3, -0.25) is 14.4 Å². The van der Waals surface area contributed by atoms with Crippen LogP contribution in [0.2, 0.25) is 0 Å². The largest absolute Gasteiger partial charge is 0.558 e. The summed E-state index contributed by atoms with van der Waals surface area (Å²) < 4.78 is 23.5. The highest BCUT2D eigenvalue weighted by molar-refractivity contribution is 6.41. The van der Waals surface area contributed by atoms with Gasteiger partial charge in [-0.1, -0.05) is 48.5 Å². The van der Waals surface area contributed by atoms with Crippen molar-refractivity contribution >= 4 is 19.2 Å². The Morgan fingerprint density at radius 2 is 1.39 bits per heavy atom. The summed E-state index contributed by atoms with van der Waals surface area (Å²) >= 11 is 0. The van der Waals surface area contributed by atoms with E-state index in [9.17, 15) is 9.59 Å². The van der Waals surface area contributed by atoms with Crippen molar-refractivity contribution in [2.45, 2.75) is 119 Å². The lowest BCUT2D eigenvalue weighted by molar-refractivity contribution is -0.175. The van der Waals surface area contributed by atoms with Crippen LogP contribution in [0, 0.1) is 23.2 Å². The van der Waals surface area contributed by atoms with Crippen LogP contribution in [0.5, 0.6) is 0 Å². The molecule has 0 aliphatic rings. The fourth-order valence-electron chi connectivity index (χ4n) is 4.03. The van der Waals surface area contributed by atoms with Gasteiger partial charge in [-0.15, -0.1) is 0 Å². The molecule has 0 aromatic carbocycles. The predicted molar refractivity (Wildman–Crippen MR) is 129 cm³/mol. The molecule has 0 spiro atoms. The van der Waals surface area contributed by atoms with Gasteiger partial charge in [0.05, 0.1) is 12.5 Å². The third kappa shape index (κ3) is 11.9. The predicted octanol–water partition coefficient (Wildman–Crippen LogP) is 4.36. The first-order chi connectivity index (χ1) is 15.3. The average Bonchev–Trinajstić information content (AvgIpc) is 2.68. The zero-order chi connectivity index (χ0) is 25.7. The summed E-state index contributed by atoms with van der Waals surface area (Å²) in [6.07, 6.45) is 0.262. The van der Waals surface area contributed by atoms with Gasteiger partial charge in [0, 0.05) is 26.6 Å². The van der Waals surface area contributed by atoms with Gasteiger partial charge in [0.25, 0.3) is 0 Å². The zero-order valence-electron chi connectivity index (χ0n) is 22.3. The molecule has 0 rings (SSSR count). The number of ether oxygens (including phenoxy) is 2. The Morgan fingerprint density at radius 3 is 1.79 bits per heavy atom. The molecule has 0 heterocycles. The summed E-state index contributed by atoms with van der Waals surface area (Å²) in [6, 6.07) is 2.44. The molecule has 33 heavy (non-hydrogen) atoms. The van der Waals surface area contributed by atoms with E-state index in [2.05, 4.69) is 38.6 Å². The summed E-state index contributed by atoms with van der Waals surface area (Å²) in [5, 5.41) is 8.89. The molecule has 0 fully saturated rings. The van der Waals surface area contributed by atoms with Crippen LogP contribution in [0.1, 0.15) is 88.5 Å². The van der Waals surface area contributed by atoms with Crippen LogP contribution in [0.25, 0.3) is 0 Å². The standard InChI is InChI=1S/C24H45BN2O6/c1-11-18(6)23(31-21(9)28)24(32-22(10)29)19(7)15-20(8)33-25(30-14-12-13-26)27(16(2)3)17(4)5/h16-20,23-24H,11-12,14-15H2,1-10H3. The molecule has 0 aromatic rings. The van der Waals surface area contributed by atoms with E-state index in [4.69, 9.17) is 24.0 Å². The number of carbonyl (C=O) groups is 2. The van der Waals surface area contributed by atoms with Crippen molar-refractivity contribution in [1.82, 2.24) is 4.81 Å². The van der Waals surface area contributed by atoms with Crippen molar-refractivity contribution in [2.75, 3.05) is 6.61 Å². The number of nitriles is 1. The molecule has 9 heteroatoms. The highest BCUT2D eigenvalue weighted by atomic mass is 16.6. The molecule has 8 nitrogen and oxygen atoms in total. The lowest BCUT2D eigenvalue weighted by atomic mass is 9.86. The fraction of sp³-hybridized carbons (Fsp3) is 0.875. The van der Waals surface area contributed by atoms with Crippen molar-refractivity contribution in [3.63, 3.8) is 0 Å². The van der Waals surface area contributed by atoms with Gasteiger partial charge in [-0.05, 0) is 43.7 Å². The number of esters is 2. The Kier molecular flexibility index (Phi) is 15.3. The first-order valence-electron chi connectivity index (χ1n) is 12.1. The Morgan fingerprint density at radius 1 is 0.909 bits per heavy atom. The minimum atomic E-state index is -0.605. The normalized spacial score (nSPS) is 16.1. The minimum absolute atomic E-state index is 0.0244. The van der Waals surface area contributed by atoms with E-state index < -0.39 is 31.4 Å². The Bertz CT molecular complexity index is 617. The maximum Gasteiger partial charge on any atom is 0.558 e. The molecule has 0 radical (unpaired) electrons. The second-order valence-corrected chi connectivity index (χ2v) is 9.41. The summed E-state index contributed by atoms with van der Waals surface area (Å²) in [4.78, 5) is 25.7. The van der Waals surface area contributed by atoms with Crippen molar-refractivity contribution in [1.29, 1.82) is 5.26 Å². The lowest BCUT2D eigenvalue weighted by Crippen LogP contribution is -2.53. The molecule has 0 aromatic heterocycles. The summed E-state index contributed by atoms with van der Waals surface area (Å²) in [5.74, 6) is -0.918. The van der Waals surface area contributed by atoms with Gasteiger partial charge in [0.1, 0.15) is 12.2 Å².